The summed E-state index contributed by atoms with van der Waals surface area (Å²) in [5.41, 5.74) is 9.95. The standard InChI is InChI=1S/C14H14N4/c1-10-11(4-3-7-16-10)9-18-14-6-2-5-13(15)12(14)8-17-18/h2-8H,9,15H2,1H3. The summed E-state index contributed by atoms with van der Waals surface area (Å²) < 4.78 is 1.95. The van der Waals surface area contributed by atoms with Crippen LogP contribution in [0.1, 0.15) is 11.3 Å². The second-order valence-corrected chi connectivity index (χ2v) is 4.33. The number of rotatable bonds is 2. The number of aromatic nitrogens is 3. The Morgan fingerprint density at radius 1 is 1.22 bits per heavy atom. The van der Waals surface area contributed by atoms with Crippen LogP contribution in [-0.4, -0.2) is 14.8 Å². The van der Waals surface area contributed by atoms with Crippen molar-refractivity contribution >= 4 is 16.6 Å². The number of nitrogen functional groups attached to an aromatic ring is 1. The largest absolute Gasteiger partial charge is 0.398 e. The maximum absolute atomic E-state index is 5.93. The summed E-state index contributed by atoms with van der Waals surface area (Å²) >= 11 is 0. The number of nitrogens with zero attached hydrogens (tertiary/aromatic N) is 3. The molecule has 1 aromatic carbocycles. The van der Waals surface area contributed by atoms with Crippen molar-refractivity contribution in [2.24, 2.45) is 0 Å². The molecule has 0 aliphatic carbocycles. The highest BCUT2D eigenvalue weighted by molar-refractivity contribution is 5.90. The van der Waals surface area contributed by atoms with Crippen LogP contribution in [0.4, 0.5) is 5.69 Å². The molecule has 0 fully saturated rings. The molecule has 0 aliphatic heterocycles. The first kappa shape index (κ1) is 10.8. The van der Waals surface area contributed by atoms with Gasteiger partial charge in [0.1, 0.15) is 0 Å². The van der Waals surface area contributed by atoms with Gasteiger partial charge in [-0.05, 0) is 30.7 Å². The number of pyridine rings is 1. The molecule has 18 heavy (non-hydrogen) atoms. The maximum Gasteiger partial charge on any atom is 0.0707 e. The van der Waals surface area contributed by atoms with Gasteiger partial charge in [-0.2, -0.15) is 5.10 Å². The first-order valence-electron chi connectivity index (χ1n) is 5.86. The third-order valence-electron chi connectivity index (χ3n) is 3.16. The highest BCUT2D eigenvalue weighted by Gasteiger charge is 2.06. The van der Waals surface area contributed by atoms with Crippen molar-refractivity contribution in [3.63, 3.8) is 0 Å². The van der Waals surface area contributed by atoms with Gasteiger partial charge in [-0.1, -0.05) is 12.1 Å². The average molecular weight is 238 g/mol. The van der Waals surface area contributed by atoms with Crippen molar-refractivity contribution in [1.82, 2.24) is 14.8 Å². The van der Waals surface area contributed by atoms with E-state index in [9.17, 15) is 0 Å². The summed E-state index contributed by atoms with van der Waals surface area (Å²) in [7, 11) is 0. The molecule has 4 heteroatoms. The van der Waals surface area contributed by atoms with Crippen molar-refractivity contribution in [2.45, 2.75) is 13.5 Å². The summed E-state index contributed by atoms with van der Waals surface area (Å²) in [5, 5.41) is 5.40. The Labute approximate surface area is 105 Å². The molecular formula is C14H14N4. The topological polar surface area (TPSA) is 56.7 Å². The first-order valence-corrected chi connectivity index (χ1v) is 5.86. The Balaban J connectivity index is 2.06. The van der Waals surface area contributed by atoms with Gasteiger partial charge in [0.2, 0.25) is 0 Å². The average Bonchev–Trinajstić information content (AvgIpc) is 2.77. The van der Waals surface area contributed by atoms with Crippen LogP contribution >= 0.6 is 0 Å². The lowest BCUT2D eigenvalue weighted by molar-refractivity contribution is 0.705. The zero-order chi connectivity index (χ0) is 12.5. The predicted octanol–water partition coefficient (Wildman–Crippen LogP) is 2.37. The molecular weight excluding hydrogens is 224 g/mol. The van der Waals surface area contributed by atoms with Gasteiger partial charge >= 0.3 is 0 Å². The van der Waals surface area contributed by atoms with E-state index in [0.717, 1.165) is 22.3 Å². The normalized spacial score (nSPS) is 10.9. The van der Waals surface area contributed by atoms with Gasteiger partial charge in [0.05, 0.1) is 18.3 Å². The lowest BCUT2D eigenvalue weighted by atomic mass is 10.2. The van der Waals surface area contributed by atoms with E-state index in [-0.39, 0.29) is 0 Å². The van der Waals surface area contributed by atoms with Crippen LogP contribution in [0.3, 0.4) is 0 Å². The summed E-state index contributed by atoms with van der Waals surface area (Å²) in [5.74, 6) is 0. The third kappa shape index (κ3) is 1.72. The molecule has 2 aromatic heterocycles. The first-order chi connectivity index (χ1) is 8.75. The Hall–Kier alpha value is -2.36. The number of nitrogens with two attached hydrogens (primary N) is 1. The van der Waals surface area contributed by atoms with Crippen LogP contribution < -0.4 is 5.73 Å². The number of hydrogen-bond acceptors (Lipinski definition) is 3. The van der Waals surface area contributed by atoms with E-state index in [4.69, 9.17) is 5.73 Å². The fraction of sp³-hybridized carbons (Fsp3) is 0.143. The van der Waals surface area contributed by atoms with Crippen molar-refractivity contribution in [1.29, 1.82) is 0 Å². The SMILES string of the molecule is Cc1ncccc1Cn1ncc2c(N)cccc21. The van der Waals surface area contributed by atoms with Gasteiger partial charge in [-0.15, -0.1) is 0 Å². The van der Waals surface area contributed by atoms with E-state index in [1.807, 2.05) is 42.1 Å². The van der Waals surface area contributed by atoms with Gasteiger partial charge < -0.3 is 5.73 Å². The number of fused-ring (bicyclic) bond motifs is 1. The van der Waals surface area contributed by atoms with Crippen molar-refractivity contribution in [3.05, 3.63) is 54.0 Å². The Bertz CT molecular complexity index is 700. The van der Waals surface area contributed by atoms with Crippen LogP contribution in [0, 0.1) is 6.92 Å². The molecule has 0 saturated carbocycles. The molecule has 2 heterocycles. The maximum atomic E-state index is 5.93. The Morgan fingerprint density at radius 2 is 2.11 bits per heavy atom. The van der Waals surface area contributed by atoms with E-state index in [1.54, 1.807) is 6.20 Å². The van der Waals surface area contributed by atoms with Gasteiger partial charge in [-0.25, -0.2) is 0 Å². The Kier molecular flexibility index (Phi) is 2.48. The van der Waals surface area contributed by atoms with Gasteiger partial charge in [0.25, 0.3) is 0 Å². The van der Waals surface area contributed by atoms with E-state index in [2.05, 4.69) is 16.1 Å². The zero-order valence-corrected chi connectivity index (χ0v) is 10.2. The fourth-order valence-corrected chi connectivity index (χ4v) is 2.10. The molecule has 0 aliphatic rings. The molecule has 0 atom stereocenters. The molecule has 0 amide bonds. The predicted molar refractivity (Wildman–Crippen MR) is 72.2 cm³/mol. The summed E-state index contributed by atoms with van der Waals surface area (Å²) in [6, 6.07) is 9.89. The van der Waals surface area contributed by atoms with E-state index in [0.29, 0.717) is 6.54 Å². The molecule has 3 rings (SSSR count). The van der Waals surface area contributed by atoms with E-state index < -0.39 is 0 Å². The molecule has 0 unspecified atom stereocenters. The van der Waals surface area contributed by atoms with Crippen LogP contribution in [-0.2, 0) is 6.54 Å². The van der Waals surface area contributed by atoms with E-state index in [1.165, 1.54) is 5.56 Å². The lowest BCUT2D eigenvalue weighted by Gasteiger charge is -2.06. The Morgan fingerprint density at radius 3 is 2.94 bits per heavy atom. The van der Waals surface area contributed by atoms with Crippen LogP contribution in [0.25, 0.3) is 10.9 Å². The highest BCUT2D eigenvalue weighted by Crippen LogP contribution is 2.21. The monoisotopic (exact) mass is 238 g/mol. The molecule has 2 N–H and O–H groups in total. The third-order valence-corrected chi connectivity index (χ3v) is 3.16. The zero-order valence-electron chi connectivity index (χ0n) is 10.2. The van der Waals surface area contributed by atoms with Gasteiger partial charge in [-0.3, -0.25) is 9.67 Å². The number of aryl methyl sites for hydroxylation is 1. The number of benzene rings is 1. The molecule has 0 bridgehead atoms. The fourth-order valence-electron chi connectivity index (χ4n) is 2.10. The van der Waals surface area contributed by atoms with Gasteiger partial charge in [0, 0.05) is 23.0 Å². The molecule has 3 aromatic rings. The molecule has 4 nitrogen and oxygen atoms in total. The molecule has 0 radical (unpaired) electrons. The second-order valence-electron chi connectivity index (χ2n) is 4.33. The minimum Gasteiger partial charge on any atom is -0.398 e. The summed E-state index contributed by atoms with van der Waals surface area (Å²) in [6.45, 7) is 2.72. The van der Waals surface area contributed by atoms with Crippen molar-refractivity contribution in [3.8, 4) is 0 Å². The highest BCUT2D eigenvalue weighted by atomic mass is 15.3. The van der Waals surface area contributed by atoms with Gasteiger partial charge in [0.15, 0.2) is 0 Å². The minimum absolute atomic E-state index is 0.715. The van der Waals surface area contributed by atoms with Crippen molar-refractivity contribution < 1.29 is 0 Å². The molecule has 0 saturated heterocycles. The molecule has 90 valence electrons. The number of hydrogen-bond donors (Lipinski definition) is 1. The van der Waals surface area contributed by atoms with Crippen LogP contribution in [0.5, 0.6) is 0 Å². The second kappa shape index (κ2) is 4.14. The van der Waals surface area contributed by atoms with Crippen molar-refractivity contribution in [2.75, 3.05) is 5.73 Å². The lowest BCUT2D eigenvalue weighted by Crippen LogP contribution is -2.03. The number of anilines is 1. The molecule has 0 spiro atoms. The van der Waals surface area contributed by atoms with Crippen LogP contribution in [0.2, 0.25) is 0 Å². The minimum atomic E-state index is 0.715. The quantitative estimate of drug-likeness (QED) is 0.697. The summed E-state index contributed by atoms with van der Waals surface area (Å²) in [4.78, 5) is 4.29. The smallest absolute Gasteiger partial charge is 0.0707 e. The summed E-state index contributed by atoms with van der Waals surface area (Å²) in [6.07, 6.45) is 3.62. The van der Waals surface area contributed by atoms with E-state index >= 15 is 0 Å². The van der Waals surface area contributed by atoms with Crippen LogP contribution in [0.15, 0.2) is 42.7 Å².